The molecule has 2 aliphatic heterocycles. The Morgan fingerprint density at radius 1 is 1.47 bits per heavy atom. The van der Waals surface area contributed by atoms with Crippen LogP contribution in [-0.4, -0.2) is 55.5 Å². The van der Waals surface area contributed by atoms with Gasteiger partial charge in [0.2, 0.25) is 0 Å². The van der Waals surface area contributed by atoms with E-state index < -0.39 is 5.60 Å². The van der Waals surface area contributed by atoms with Gasteiger partial charge in [-0.3, -0.25) is 0 Å². The van der Waals surface area contributed by atoms with E-state index in [0.29, 0.717) is 25.6 Å². The highest BCUT2D eigenvalue weighted by Gasteiger charge is 2.30. The number of carbonyl (C=O) groups excluding carboxylic acids is 1. The van der Waals surface area contributed by atoms with Crippen LogP contribution in [0.1, 0.15) is 33.6 Å². The number of amides is 1. The van der Waals surface area contributed by atoms with Crippen LogP contribution in [-0.2, 0) is 9.47 Å². The lowest BCUT2D eigenvalue weighted by Crippen LogP contribution is -2.48. The number of nitrogens with one attached hydrogen (secondary N) is 1. The van der Waals surface area contributed by atoms with Crippen LogP contribution in [0.5, 0.6) is 0 Å². The molecule has 2 fully saturated rings. The molecule has 19 heavy (non-hydrogen) atoms. The van der Waals surface area contributed by atoms with Crippen LogP contribution < -0.4 is 5.32 Å². The number of rotatable bonds is 2. The predicted molar refractivity (Wildman–Crippen MR) is 73.1 cm³/mol. The molecule has 5 nitrogen and oxygen atoms in total. The Morgan fingerprint density at radius 3 is 2.89 bits per heavy atom. The number of carbonyl (C=O) groups is 1. The minimum absolute atomic E-state index is 0.158. The Kier molecular flexibility index (Phi) is 4.68. The fraction of sp³-hybridized carbons (Fsp3) is 0.929. The Hall–Kier alpha value is -0.810. The molecule has 2 unspecified atom stereocenters. The molecule has 2 aliphatic rings. The third kappa shape index (κ3) is 4.66. The van der Waals surface area contributed by atoms with E-state index in [0.717, 1.165) is 19.5 Å². The number of hydrogen-bond acceptors (Lipinski definition) is 4. The normalized spacial score (nSPS) is 28.5. The van der Waals surface area contributed by atoms with Crippen molar-refractivity contribution < 1.29 is 14.3 Å². The molecule has 0 spiro atoms. The molecule has 1 amide bonds. The summed E-state index contributed by atoms with van der Waals surface area (Å²) in [6, 6.07) is 0. The van der Waals surface area contributed by atoms with Gasteiger partial charge in [-0.1, -0.05) is 0 Å². The summed E-state index contributed by atoms with van der Waals surface area (Å²) in [6.45, 7) is 9.77. The van der Waals surface area contributed by atoms with Gasteiger partial charge in [-0.25, -0.2) is 4.79 Å². The Bertz CT molecular complexity index is 308. The Morgan fingerprint density at radius 2 is 2.26 bits per heavy atom. The van der Waals surface area contributed by atoms with Crippen molar-refractivity contribution in [3.05, 3.63) is 0 Å². The first-order chi connectivity index (χ1) is 8.94. The average Bonchev–Trinajstić information content (AvgIpc) is 2.80. The molecule has 1 N–H and O–H groups in total. The fourth-order valence-corrected chi connectivity index (χ4v) is 2.64. The van der Waals surface area contributed by atoms with Crippen molar-refractivity contribution in [3.8, 4) is 0 Å². The highest BCUT2D eigenvalue weighted by Crippen LogP contribution is 2.20. The van der Waals surface area contributed by atoms with Gasteiger partial charge in [-0.05, 0) is 52.6 Å². The highest BCUT2D eigenvalue weighted by atomic mass is 16.6. The van der Waals surface area contributed by atoms with Gasteiger partial charge < -0.3 is 19.7 Å². The van der Waals surface area contributed by atoms with Crippen molar-refractivity contribution in [2.45, 2.75) is 45.3 Å². The van der Waals surface area contributed by atoms with Crippen molar-refractivity contribution >= 4 is 6.09 Å². The maximum Gasteiger partial charge on any atom is 0.410 e. The lowest BCUT2D eigenvalue weighted by molar-refractivity contribution is -0.0487. The van der Waals surface area contributed by atoms with E-state index in [1.54, 1.807) is 4.90 Å². The smallest absolute Gasteiger partial charge is 0.410 e. The molecule has 0 aromatic carbocycles. The van der Waals surface area contributed by atoms with Crippen LogP contribution in [0.4, 0.5) is 4.79 Å². The Labute approximate surface area is 115 Å². The van der Waals surface area contributed by atoms with Crippen LogP contribution in [0.3, 0.4) is 0 Å². The summed E-state index contributed by atoms with van der Waals surface area (Å²) >= 11 is 0. The highest BCUT2D eigenvalue weighted by molar-refractivity contribution is 5.68. The van der Waals surface area contributed by atoms with Crippen molar-refractivity contribution in [1.29, 1.82) is 0 Å². The first-order valence-corrected chi connectivity index (χ1v) is 7.24. The maximum atomic E-state index is 12.0. The van der Waals surface area contributed by atoms with E-state index in [1.165, 1.54) is 6.42 Å². The third-order valence-electron chi connectivity index (χ3n) is 3.55. The van der Waals surface area contributed by atoms with E-state index >= 15 is 0 Å². The molecule has 2 heterocycles. The summed E-state index contributed by atoms with van der Waals surface area (Å²) in [7, 11) is 0. The van der Waals surface area contributed by atoms with E-state index in [4.69, 9.17) is 9.47 Å². The molecule has 2 atom stereocenters. The van der Waals surface area contributed by atoms with Gasteiger partial charge in [0, 0.05) is 6.54 Å². The van der Waals surface area contributed by atoms with Gasteiger partial charge in [0.25, 0.3) is 0 Å². The second kappa shape index (κ2) is 6.09. The zero-order valence-corrected chi connectivity index (χ0v) is 12.3. The van der Waals surface area contributed by atoms with E-state index in [9.17, 15) is 4.79 Å². The van der Waals surface area contributed by atoms with Gasteiger partial charge in [-0.2, -0.15) is 0 Å². The number of morpholine rings is 1. The van der Waals surface area contributed by atoms with Gasteiger partial charge >= 0.3 is 6.09 Å². The van der Waals surface area contributed by atoms with E-state index in [1.807, 2.05) is 20.8 Å². The van der Waals surface area contributed by atoms with Crippen molar-refractivity contribution in [1.82, 2.24) is 10.2 Å². The lowest BCUT2D eigenvalue weighted by Gasteiger charge is -2.35. The Balaban J connectivity index is 1.80. The molecule has 0 aromatic rings. The van der Waals surface area contributed by atoms with Crippen molar-refractivity contribution in [3.63, 3.8) is 0 Å². The summed E-state index contributed by atoms with van der Waals surface area (Å²) in [4.78, 5) is 13.8. The molecular formula is C14H26N2O3. The molecule has 0 aromatic heterocycles. The summed E-state index contributed by atoms with van der Waals surface area (Å²) in [6.07, 6.45) is 2.19. The maximum absolute atomic E-state index is 12.0. The van der Waals surface area contributed by atoms with Crippen LogP contribution in [0, 0.1) is 5.92 Å². The largest absolute Gasteiger partial charge is 0.444 e. The van der Waals surface area contributed by atoms with E-state index in [2.05, 4.69) is 5.32 Å². The lowest BCUT2D eigenvalue weighted by atomic mass is 10.00. The number of nitrogens with zero attached hydrogens (tertiary/aromatic N) is 1. The van der Waals surface area contributed by atoms with Crippen LogP contribution in [0.2, 0.25) is 0 Å². The van der Waals surface area contributed by atoms with Gasteiger partial charge in [-0.15, -0.1) is 0 Å². The van der Waals surface area contributed by atoms with Crippen molar-refractivity contribution in [2.24, 2.45) is 5.92 Å². The summed E-state index contributed by atoms with van der Waals surface area (Å²) in [5.41, 5.74) is -0.430. The third-order valence-corrected chi connectivity index (χ3v) is 3.55. The molecule has 110 valence electrons. The number of ether oxygens (including phenoxy) is 2. The average molecular weight is 270 g/mol. The zero-order valence-electron chi connectivity index (χ0n) is 12.3. The van der Waals surface area contributed by atoms with Crippen LogP contribution >= 0.6 is 0 Å². The minimum atomic E-state index is -0.430. The second-order valence-electron chi connectivity index (χ2n) is 6.51. The fourth-order valence-electron chi connectivity index (χ4n) is 2.64. The molecule has 0 saturated carbocycles. The first kappa shape index (κ1) is 14.6. The summed E-state index contributed by atoms with van der Waals surface area (Å²) in [5.74, 6) is 0.684. The first-order valence-electron chi connectivity index (χ1n) is 7.24. The molecule has 2 rings (SSSR count). The standard InChI is InChI=1S/C14H26N2O3/c1-14(2,3)19-13(17)16-6-7-18-12(10-16)8-11-4-5-15-9-11/h11-12,15H,4-10H2,1-3H3. The van der Waals surface area contributed by atoms with Crippen LogP contribution in [0.25, 0.3) is 0 Å². The SMILES string of the molecule is CC(C)(C)OC(=O)N1CCOC(CC2CCNC2)C1. The van der Waals surface area contributed by atoms with Crippen molar-refractivity contribution in [2.75, 3.05) is 32.8 Å². The minimum Gasteiger partial charge on any atom is -0.444 e. The zero-order chi connectivity index (χ0) is 13.9. The van der Waals surface area contributed by atoms with Crippen LogP contribution in [0.15, 0.2) is 0 Å². The molecule has 0 radical (unpaired) electrons. The monoisotopic (exact) mass is 270 g/mol. The van der Waals surface area contributed by atoms with Gasteiger partial charge in [0.05, 0.1) is 19.3 Å². The van der Waals surface area contributed by atoms with Gasteiger partial charge in [0.15, 0.2) is 0 Å². The van der Waals surface area contributed by atoms with E-state index in [-0.39, 0.29) is 12.2 Å². The predicted octanol–water partition coefficient (Wildman–Crippen LogP) is 1.62. The molecule has 2 saturated heterocycles. The topological polar surface area (TPSA) is 50.8 Å². The number of hydrogen-bond donors (Lipinski definition) is 1. The van der Waals surface area contributed by atoms with Gasteiger partial charge in [0.1, 0.15) is 5.60 Å². The molecular weight excluding hydrogens is 244 g/mol. The quantitative estimate of drug-likeness (QED) is 0.828. The summed E-state index contributed by atoms with van der Waals surface area (Å²) in [5, 5.41) is 3.37. The molecule has 0 aliphatic carbocycles. The summed E-state index contributed by atoms with van der Waals surface area (Å²) < 4.78 is 11.2. The molecule has 5 heteroatoms. The molecule has 0 bridgehead atoms. The second-order valence-corrected chi connectivity index (χ2v) is 6.51.